The van der Waals surface area contributed by atoms with Crippen molar-refractivity contribution in [1.82, 2.24) is 5.32 Å². The van der Waals surface area contributed by atoms with Crippen molar-refractivity contribution in [3.8, 4) is 0 Å². The molecular weight excluding hydrogens is 744 g/mol. The monoisotopic (exact) mass is 846 g/mol. The number of unbranched alkanes of at least 4 members (excludes halogenated alkanes) is 34. The number of phosphoric acid groups is 1. The maximum absolute atomic E-state index is 12.9. The number of hydrogen-bond donors (Lipinski definition) is 3. The summed E-state index contributed by atoms with van der Waals surface area (Å²) in [6, 6.07) is -0.752. The number of carbonyl (C=O) groups excluding carboxylic acids is 1. The van der Waals surface area contributed by atoms with Crippen LogP contribution in [0.15, 0.2) is 0 Å². The molecule has 9 heteroatoms. The van der Waals surface area contributed by atoms with Gasteiger partial charge in [-0.1, -0.05) is 239 Å². The van der Waals surface area contributed by atoms with Crippen LogP contribution in [0.25, 0.3) is 0 Å². The molecule has 0 bridgehead atoms. The number of nitrogens with zero attached hydrogens (tertiary/aromatic N) is 1. The summed E-state index contributed by atoms with van der Waals surface area (Å²) in [5, 5.41) is 13.9. The van der Waals surface area contributed by atoms with Crippen LogP contribution in [0.5, 0.6) is 0 Å². The van der Waals surface area contributed by atoms with Gasteiger partial charge in [0.1, 0.15) is 13.2 Å². The second-order valence-corrected chi connectivity index (χ2v) is 20.4. The average Bonchev–Trinajstić information content (AvgIpc) is 3.17. The Balaban J connectivity index is 3.93. The first-order valence-electron chi connectivity index (χ1n) is 25.4. The summed E-state index contributed by atoms with van der Waals surface area (Å²) < 4.78 is 23.6. The number of quaternary nitrogens is 1. The molecule has 0 aliphatic rings. The number of carbonyl (C=O) groups is 1. The van der Waals surface area contributed by atoms with Crippen LogP contribution in [0.3, 0.4) is 0 Å². The lowest BCUT2D eigenvalue weighted by Crippen LogP contribution is -2.46. The summed E-state index contributed by atoms with van der Waals surface area (Å²) >= 11 is 0. The van der Waals surface area contributed by atoms with Crippen LogP contribution in [0.1, 0.15) is 258 Å². The fourth-order valence-electron chi connectivity index (χ4n) is 7.81. The molecule has 0 saturated heterocycles. The fourth-order valence-corrected chi connectivity index (χ4v) is 8.55. The van der Waals surface area contributed by atoms with Gasteiger partial charge in [0.2, 0.25) is 5.91 Å². The van der Waals surface area contributed by atoms with Crippen molar-refractivity contribution in [2.75, 3.05) is 40.9 Å². The molecule has 0 aliphatic carbocycles. The second kappa shape index (κ2) is 41.8. The van der Waals surface area contributed by atoms with Crippen LogP contribution in [0, 0.1) is 0 Å². The van der Waals surface area contributed by atoms with Crippen LogP contribution in [0.2, 0.25) is 0 Å². The smallest absolute Gasteiger partial charge is 0.391 e. The summed E-state index contributed by atoms with van der Waals surface area (Å²) in [7, 11) is 1.63. The molecule has 0 heterocycles. The zero-order chi connectivity index (χ0) is 42.8. The third-order valence-corrected chi connectivity index (χ3v) is 12.8. The van der Waals surface area contributed by atoms with Gasteiger partial charge in [-0.15, -0.1) is 0 Å². The molecule has 0 aromatic rings. The molecule has 1 amide bonds. The number of hydrogen-bond acceptors (Lipinski definition) is 5. The van der Waals surface area contributed by atoms with E-state index in [4.69, 9.17) is 9.05 Å². The number of phosphoric ester groups is 1. The first-order chi connectivity index (χ1) is 28.0. The number of aliphatic hydroxyl groups excluding tert-OH is 1. The number of aliphatic hydroxyl groups is 1. The molecule has 58 heavy (non-hydrogen) atoms. The zero-order valence-corrected chi connectivity index (χ0v) is 40.5. The van der Waals surface area contributed by atoms with E-state index in [0.29, 0.717) is 23.9 Å². The van der Waals surface area contributed by atoms with E-state index in [1.807, 2.05) is 21.1 Å². The van der Waals surface area contributed by atoms with E-state index >= 15 is 0 Å². The summed E-state index contributed by atoms with van der Waals surface area (Å²) in [4.78, 5) is 23.1. The maximum Gasteiger partial charge on any atom is 0.472 e. The van der Waals surface area contributed by atoms with Gasteiger partial charge < -0.3 is 19.8 Å². The van der Waals surface area contributed by atoms with Crippen molar-refractivity contribution >= 4 is 13.7 Å². The fraction of sp³-hybridized carbons (Fsp3) is 0.980. The molecule has 3 N–H and O–H groups in total. The van der Waals surface area contributed by atoms with E-state index in [0.717, 1.165) is 38.5 Å². The van der Waals surface area contributed by atoms with Crippen LogP contribution in [-0.2, 0) is 18.4 Å². The molecule has 0 fully saturated rings. The first-order valence-corrected chi connectivity index (χ1v) is 26.9. The van der Waals surface area contributed by atoms with Gasteiger partial charge in [0.05, 0.1) is 39.9 Å². The molecule has 8 nitrogen and oxygen atoms in total. The predicted molar refractivity (Wildman–Crippen MR) is 249 cm³/mol. The van der Waals surface area contributed by atoms with Gasteiger partial charge in [0.25, 0.3) is 0 Å². The Bertz CT molecular complexity index is 916. The van der Waals surface area contributed by atoms with Crippen LogP contribution < -0.4 is 5.32 Å². The lowest BCUT2D eigenvalue weighted by molar-refractivity contribution is -0.870. The van der Waals surface area contributed by atoms with E-state index in [-0.39, 0.29) is 19.1 Å². The quantitative estimate of drug-likeness (QED) is 0.0320. The highest BCUT2D eigenvalue weighted by molar-refractivity contribution is 7.47. The van der Waals surface area contributed by atoms with Crippen molar-refractivity contribution in [3.63, 3.8) is 0 Å². The minimum absolute atomic E-state index is 0.0781. The van der Waals surface area contributed by atoms with E-state index in [1.54, 1.807) is 0 Å². The molecule has 0 spiro atoms. The van der Waals surface area contributed by atoms with Gasteiger partial charge in [-0.3, -0.25) is 13.8 Å². The van der Waals surface area contributed by atoms with E-state index in [2.05, 4.69) is 19.2 Å². The van der Waals surface area contributed by atoms with Gasteiger partial charge in [-0.2, -0.15) is 0 Å². The summed E-state index contributed by atoms with van der Waals surface area (Å²) in [6.07, 6.45) is 47.5. The Kier molecular flexibility index (Phi) is 41.5. The highest BCUT2D eigenvalue weighted by Crippen LogP contribution is 2.43. The van der Waals surface area contributed by atoms with Gasteiger partial charge in [-0.25, -0.2) is 4.57 Å². The van der Waals surface area contributed by atoms with Gasteiger partial charge in [-0.05, 0) is 12.8 Å². The summed E-state index contributed by atoms with van der Waals surface area (Å²) in [6.45, 7) is 4.88. The number of likely N-dealkylation sites (N-methyl/N-ethyl adjacent to an activating group) is 1. The summed E-state index contributed by atoms with van der Waals surface area (Å²) in [5.74, 6) is -0.142. The molecule has 3 unspecified atom stereocenters. The number of amides is 1. The first kappa shape index (κ1) is 57.5. The lowest BCUT2D eigenvalue weighted by atomic mass is 10.0. The van der Waals surface area contributed by atoms with Crippen LogP contribution >= 0.6 is 7.82 Å². The highest BCUT2D eigenvalue weighted by Gasteiger charge is 2.28. The Morgan fingerprint density at radius 3 is 1.16 bits per heavy atom. The Hall–Kier alpha value is -0.500. The standard InChI is InChI=1S/C49H101N2O6P/c1-6-8-10-12-14-16-17-18-19-20-21-22-23-24-25-26-27-28-29-30-31-32-33-34-35-37-39-41-43-49(53)50-47(46-57-58(54,55)56-45-44-51(3,4)5)48(52)42-40-38-36-15-13-11-9-7-2/h47-48,52H,6-46H2,1-5H3,(H-,50,53,54,55)/p+1. The van der Waals surface area contributed by atoms with Crippen molar-refractivity contribution in [2.24, 2.45) is 0 Å². The minimum atomic E-state index is -4.30. The van der Waals surface area contributed by atoms with E-state index in [9.17, 15) is 19.4 Å². The molecule has 3 atom stereocenters. The van der Waals surface area contributed by atoms with Gasteiger partial charge >= 0.3 is 7.82 Å². The van der Waals surface area contributed by atoms with Crippen molar-refractivity contribution in [1.29, 1.82) is 0 Å². The van der Waals surface area contributed by atoms with Crippen LogP contribution in [-0.4, -0.2) is 73.4 Å². The minimum Gasteiger partial charge on any atom is -0.391 e. The largest absolute Gasteiger partial charge is 0.472 e. The third-order valence-electron chi connectivity index (χ3n) is 11.9. The van der Waals surface area contributed by atoms with Crippen molar-refractivity contribution in [2.45, 2.75) is 270 Å². The van der Waals surface area contributed by atoms with E-state index in [1.165, 1.54) is 193 Å². The number of rotatable bonds is 47. The lowest BCUT2D eigenvalue weighted by Gasteiger charge is -2.26. The van der Waals surface area contributed by atoms with Gasteiger partial charge in [0, 0.05) is 6.42 Å². The molecule has 0 aliphatic heterocycles. The Labute approximate surface area is 361 Å². The molecule has 0 rings (SSSR count). The Morgan fingerprint density at radius 1 is 0.517 bits per heavy atom. The summed E-state index contributed by atoms with van der Waals surface area (Å²) in [5.41, 5.74) is 0. The van der Waals surface area contributed by atoms with Crippen molar-refractivity contribution in [3.05, 3.63) is 0 Å². The average molecular weight is 846 g/mol. The normalized spacial score (nSPS) is 14.1. The molecule has 0 aromatic heterocycles. The topological polar surface area (TPSA) is 105 Å². The Morgan fingerprint density at radius 2 is 0.828 bits per heavy atom. The third kappa shape index (κ3) is 43.6. The predicted octanol–water partition coefficient (Wildman–Crippen LogP) is 14.5. The number of nitrogens with one attached hydrogen (secondary N) is 1. The zero-order valence-electron chi connectivity index (χ0n) is 39.6. The van der Waals surface area contributed by atoms with Crippen LogP contribution in [0.4, 0.5) is 0 Å². The molecular formula is C49H102N2O6P+. The second-order valence-electron chi connectivity index (χ2n) is 18.9. The molecule has 348 valence electrons. The maximum atomic E-state index is 12.9. The SMILES string of the molecule is CCCCCCCCCCCCCCCCCCCCCCCCCCCCCCC(=O)NC(COP(=O)(O)OCC[N+](C)(C)C)C(O)CCCCCCCCCC. The highest BCUT2D eigenvalue weighted by atomic mass is 31.2. The van der Waals surface area contributed by atoms with Gasteiger partial charge in [0.15, 0.2) is 0 Å². The van der Waals surface area contributed by atoms with E-state index < -0.39 is 20.0 Å². The van der Waals surface area contributed by atoms with Crippen molar-refractivity contribution < 1.29 is 32.9 Å². The molecule has 0 saturated carbocycles. The molecule has 0 aromatic carbocycles. The molecule has 0 radical (unpaired) electrons.